The Morgan fingerprint density at radius 3 is 2.87 bits per heavy atom. The van der Waals surface area contributed by atoms with E-state index in [1.54, 1.807) is 7.05 Å². The topological polar surface area (TPSA) is 56.7 Å². The summed E-state index contributed by atoms with van der Waals surface area (Å²) in [5, 5.41) is 6.75. The largest absolute Gasteiger partial charge is 0.356 e. The molecular formula is C17H26N4OS. The molecule has 1 aliphatic rings. The van der Waals surface area contributed by atoms with Crippen LogP contribution < -0.4 is 10.6 Å². The summed E-state index contributed by atoms with van der Waals surface area (Å²) in [5.41, 5.74) is 0. The number of rotatable bonds is 6. The molecule has 1 fully saturated rings. The zero-order valence-corrected chi connectivity index (χ0v) is 14.7. The summed E-state index contributed by atoms with van der Waals surface area (Å²) in [6.45, 7) is 4.37. The van der Waals surface area contributed by atoms with Crippen molar-refractivity contribution in [1.82, 2.24) is 15.5 Å². The van der Waals surface area contributed by atoms with Crippen LogP contribution in [0.5, 0.6) is 0 Å². The molecule has 1 aliphatic heterocycles. The maximum Gasteiger partial charge on any atom is 0.222 e. The van der Waals surface area contributed by atoms with Crippen molar-refractivity contribution in [2.24, 2.45) is 4.99 Å². The van der Waals surface area contributed by atoms with Gasteiger partial charge in [0.25, 0.3) is 0 Å². The average Bonchev–Trinajstić information content (AvgIpc) is 3.06. The summed E-state index contributed by atoms with van der Waals surface area (Å²) < 4.78 is 0. The number of benzene rings is 1. The highest BCUT2D eigenvalue weighted by Gasteiger charge is 2.25. The average molecular weight is 334 g/mol. The standard InChI is InChI=1S/C17H26N4OS/c1-3-16(22)21-11-9-14(13-21)20-17(18-2)19-10-12-23-15-7-5-4-6-8-15/h4-8,14H,3,9-13H2,1-2H3,(H2,18,19,20). The molecule has 1 unspecified atom stereocenters. The lowest BCUT2D eigenvalue weighted by Crippen LogP contribution is -2.45. The molecule has 0 saturated carbocycles. The van der Waals surface area contributed by atoms with Crippen molar-refractivity contribution in [3.05, 3.63) is 30.3 Å². The number of hydrogen-bond acceptors (Lipinski definition) is 3. The zero-order valence-electron chi connectivity index (χ0n) is 13.9. The fourth-order valence-corrected chi connectivity index (χ4v) is 3.36. The van der Waals surface area contributed by atoms with Gasteiger partial charge in [-0.15, -0.1) is 11.8 Å². The number of thioether (sulfide) groups is 1. The van der Waals surface area contributed by atoms with E-state index in [0.717, 1.165) is 37.8 Å². The second-order valence-electron chi connectivity index (χ2n) is 5.48. The minimum atomic E-state index is 0.233. The van der Waals surface area contributed by atoms with E-state index in [2.05, 4.69) is 39.9 Å². The molecule has 6 heteroatoms. The van der Waals surface area contributed by atoms with E-state index in [9.17, 15) is 4.79 Å². The Morgan fingerprint density at radius 1 is 1.39 bits per heavy atom. The van der Waals surface area contributed by atoms with Gasteiger partial charge in [0.05, 0.1) is 0 Å². The second kappa shape index (κ2) is 9.45. The Bertz CT molecular complexity index is 521. The number of nitrogens with zero attached hydrogens (tertiary/aromatic N) is 2. The Labute approximate surface area is 142 Å². The lowest BCUT2D eigenvalue weighted by Gasteiger charge is -2.18. The zero-order chi connectivity index (χ0) is 16.5. The van der Waals surface area contributed by atoms with Crippen LogP contribution in [0.25, 0.3) is 0 Å². The number of guanidine groups is 1. The monoisotopic (exact) mass is 334 g/mol. The molecular weight excluding hydrogens is 308 g/mol. The molecule has 1 saturated heterocycles. The molecule has 0 aromatic heterocycles. The Kier molecular flexibility index (Phi) is 7.26. The first-order valence-electron chi connectivity index (χ1n) is 8.15. The quantitative estimate of drug-likeness (QED) is 0.361. The van der Waals surface area contributed by atoms with Crippen molar-refractivity contribution in [2.45, 2.75) is 30.7 Å². The molecule has 1 amide bonds. The van der Waals surface area contributed by atoms with Crippen LogP contribution >= 0.6 is 11.8 Å². The van der Waals surface area contributed by atoms with Crippen LogP contribution in [0, 0.1) is 0 Å². The smallest absolute Gasteiger partial charge is 0.222 e. The number of nitrogens with one attached hydrogen (secondary N) is 2. The molecule has 1 aromatic carbocycles. The van der Waals surface area contributed by atoms with Gasteiger partial charge in [-0.2, -0.15) is 0 Å². The third-order valence-electron chi connectivity index (χ3n) is 3.81. The summed E-state index contributed by atoms with van der Waals surface area (Å²) in [7, 11) is 1.78. The van der Waals surface area contributed by atoms with Crippen LogP contribution in [-0.4, -0.2) is 55.2 Å². The van der Waals surface area contributed by atoms with Crippen LogP contribution in [0.4, 0.5) is 0 Å². The second-order valence-corrected chi connectivity index (χ2v) is 6.65. The Balaban J connectivity index is 1.67. The Hall–Kier alpha value is -1.69. The molecule has 2 N–H and O–H groups in total. The van der Waals surface area contributed by atoms with E-state index in [0.29, 0.717) is 12.5 Å². The lowest BCUT2D eigenvalue weighted by atomic mass is 10.3. The minimum Gasteiger partial charge on any atom is -0.356 e. The fraction of sp³-hybridized carbons (Fsp3) is 0.529. The fourth-order valence-electron chi connectivity index (χ4n) is 2.57. The number of hydrogen-bond donors (Lipinski definition) is 2. The van der Waals surface area contributed by atoms with Crippen molar-refractivity contribution < 1.29 is 4.79 Å². The summed E-state index contributed by atoms with van der Waals surface area (Å²) in [6, 6.07) is 10.7. The third kappa shape index (κ3) is 5.78. The van der Waals surface area contributed by atoms with E-state index in [1.165, 1.54) is 4.90 Å². The first kappa shape index (κ1) is 17.7. The van der Waals surface area contributed by atoms with Gasteiger partial charge < -0.3 is 15.5 Å². The number of likely N-dealkylation sites (tertiary alicyclic amines) is 1. The lowest BCUT2D eigenvalue weighted by molar-refractivity contribution is -0.129. The van der Waals surface area contributed by atoms with Crippen LogP contribution in [0.3, 0.4) is 0 Å². The summed E-state index contributed by atoms with van der Waals surface area (Å²) in [5.74, 6) is 2.03. The highest BCUT2D eigenvalue weighted by atomic mass is 32.2. The van der Waals surface area contributed by atoms with Gasteiger partial charge in [0.15, 0.2) is 5.96 Å². The van der Waals surface area contributed by atoms with Gasteiger partial charge in [-0.05, 0) is 18.6 Å². The van der Waals surface area contributed by atoms with Gasteiger partial charge in [-0.1, -0.05) is 25.1 Å². The van der Waals surface area contributed by atoms with Gasteiger partial charge in [0.1, 0.15) is 0 Å². The van der Waals surface area contributed by atoms with Crippen molar-refractivity contribution in [2.75, 3.05) is 32.4 Å². The number of carbonyl (C=O) groups is 1. The van der Waals surface area contributed by atoms with E-state index >= 15 is 0 Å². The van der Waals surface area contributed by atoms with Gasteiger partial charge in [0, 0.05) is 49.8 Å². The van der Waals surface area contributed by atoms with Crippen molar-refractivity contribution in [1.29, 1.82) is 0 Å². The normalized spacial score (nSPS) is 18.1. The van der Waals surface area contributed by atoms with E-state index in [4.69, 9.17) is 0 Å². The van der Waals surface area contributed by atoms with Crippen LogP contribution in [0.15, 0.2) is 40.2 Å². The molecule has 0 aliphatic carbocycles. The molecule has 1 aromatic rings. The van der Waals surface area contributed by atoms with Gasteiger partial charge in [0.2, 0.25) is 5.91 Å². The van der Waals surface area contributed by atoms with Gasteiger partial charge in [-0.3, -0.25) is 9.79 Å². The van der Waals surface area contributed by atoms with Crippen molar-refractivity contribution in [3.8, 4) is 0 Å². The van der Waals surface area contributed by atoms with Crippen LogP contribution in [-0.2, 0) is 4.79 Å². The van der Waals surface area contributed by atoms with E-state index < -0.39 is 0 Å². The SMILES string of the molecule is CCC(=O)N1CCC(NC(=NC)NCCSc2ccccc2)C1. The predicted octanol–water partition coefficient (Wildman–Crippen LogP) is 1.95. The van der Waals surface area contributed by atoms with E-state index in [-0.39, 0.29) is 5.91 Å². The number of amides is 1. The summed E-state index contributed by atoms with van der Waals surface area (Å²) >= 11 is 1.82. The third-order valence-corrected chi connectivity index (χ3v) is 4.83. The first-order valence-corrected chi connectivity index (χ1v) is 9.14. The molecule has 0 bridgehead atoms. The van der Waals surface area contributed by atoms with Crippen LogP contribution in [0.1, 0.15) is 19.8 Å². The maximum absolute atomic E-state index is 11.7. The minimum absolute atomic E-state index is 0.233. The molecule has 1 heterocycles. The van der Waals surface area contributed by atoms with Crippen LogP contribution in [0.2, 0.25) is 0 Å². The Morgan fingerprint density at radius 2 is 2.17 bits per heavy atom. The summed E-state index contributed by atoms with van der Waals surface area (Å²) in [4.78, 5) is 19.2. The molecule has 0 radical (unpaired) electrons. The highest BCUT2D eigenvalue weighted by Crippen LogP contribution is 2.15. The van der Waals surface area contributed by atoms with Gasteiger partial charge in [-0.25, -0.2) is 0 Å². The maximum atomic E-state index is 11.7. The first-order chi connectivity index (χ1) is 11.2. The number of aliphatic imine (C=N–C) groups is 1. The van der Waals surface area contributed by atoms with Crippen molar-refractivity contribution >= 4 is 23.6 Å². The predicted molar refractivity (Wildman–Crippen MR) is 96.9 cm³/mol. The molecule has 5 nitrogen and oxygen atoms in total. The molecule has 1 atom stereocenters. The molecule has 0 spiro atoms. The highest BCUT2D eigenvalue weighted by molar-refractivity contribution is 7.99. The molecule has 23 heavy (non-hydrogen) atoms. The van der Waals surface area contributed by atoms with Gasteiger partial charge >= 0.3 is 0 Å². The molecule has 2 rings (SSSR count). The van der Waals surface area contributed by atoms with E-state index in [1.807, 2.05) is 29.7 Å². The summed E-state index contributed by atoms with van der Waals surface area (Å²) in [6.07, 6.45) is 1.56. The molecule has 126 valence electrons. The number of carbonyl (C=O) groups excluding carboxylic acids is 1. The van der Waals surface area contributed by atoms with Crippen molar-refractivity contribution in [3.63, 3.8) is 0 Å².